The smallest absolute Gasteiger partial charge is 0.337 e. The van der Waals surface area contributed by atoms with Gasteiger partial charge in [-0.1, -0.05) is 96.8 Å². The van der Waals surface area contributed by atoms with E-state index in [0.717, 1.165) is 25.7 Å². The molecule has 2 rings (SSSR count). The molecule has 0 spiro atoms. The second-order valence-electron chi connectivity index (χ2n) is 10.7. The monoisotopic (exact) mass is 492 g/mol. The van der Waals surface area contributed by atoms with Crippen LogP contribution in [0.4, 0.5) is 4.79 Å². The molecule has 35 heavy (non-hydrogen) atoms. The van der Waals surface area contributed by atoms with Crippen LogP contribution in [-0.4, -0.2) is 38.4 Å². The highest BCUT2D eigenvalue weighted by molar-refractivity contribution is 5.94. The summed E-state index contributed by atoms with van der Waals surface area (Å²) in [6.07, 6.45) is 22.0. The van der Waals surface area contributed by atoms with Crippen molar-refractivity contribution in [2.75, 3.05) is 14.2 Å². The summed E-state index contributed by atoms with van der Waals surface area (Å²) in [6, 6.07) is -0.617. The fraction of sp³-hybridized carbons (Fsp3) is 0.862. The standard InChI is InChI=1S/C29H52N2O4/c1-5-6-7-8-9-10-11-12-13-14-15-16-17-19-23-20-18-21-24(34-3)26(23)27-25(28(32)35-4)22(2)30-29(33)31-27/h23-24,26-27H,5-21H2,1-4H3,(H2,30,31,33). The second kappa shape index (κ2) is 17.0. The topological polar surface area (TPSA) is 76.7 Å². The van der Waals surface area contributed by atoms with E-state index in [1.54, 1.807) is 14.0 Å². The maximum Gasteiger partial charge on any atom is 0.337 e. The number of urea groups is 1. The molecule has 0 radical (unpaired) electrons. The fourth-order valence-corrected chi connectivity index (χ4v) is 6.19. The minimum absolute atomic E-state index is 0.0339. The number of hydrogen-bond donors (Lipinski definition) is 2. The zero-order chi connectivity index (χ0) is 25.5. The number of allylic oxidation sites excluding steroid dienone is 1. The first kappa shape index (κ1) is 29.7. The van der Waals surface area contributed by atoms with Crippen molar-refractivity contribution in [1.29, 1.82) is 0 Å². The van der Waals surface area contributed by atoms with Crippen molar-refractivity contribution in [1.82, 2.24) is 10.6 Å². The third-order valence-corrected chi connectivity index (χ3v) is 8.11. The van der Waals surface area contributed by atoms with Gasteiger partial charge in [-0.3, -0.25) is 0 Å². The number of nitrogens with one attached hydrogen (secondary N) is 2. The maximum absolute atomic E-state index is 12.6. The molecule has 1 heterocycles. The molecule has 0 aromatic heterocycles. The van der Waals surface area contributed by atoms with E-state index >= 15 is 0 Å². The number of esters is 1. The molecule has 6 nitrogen and oxygen atoms in total. The van der Waals surface area contributed by atoms with Crippen LogP contribution in [0.25, 0.3) is 0 Å². The highest BCUT2D eigenvalue weighted by Gasteiger charge is 2.44. The van der Waals surface area contributed by atoms with Crippen molar-refractivity contribution < 1.29 is 19.1 Å². The summed E-state index contributed by atoms with van der Waals surface area (Å²) in [5.41, 5.74) is 1.13. The Labute approximate surface area is 214 Å². The van der Waals surface area contributed by atoms with Crippen LogP contribution in [0.15, 0.2) is 11.3 Å². The van der Waals surface area contributed by atoms with Gasteiger partial charge in [0, 0.05) is 18.7 Å². The molecule has 1 aliphatic heterocycles. The number of methoxy groups -OCH3 is 2. The molecule has 2 amide bonds. The Balaban J connectivity index is 1.78. The van der Waals surface area contributed by atoms with E-state index in [9.17, 15) is 9.59 Å². The van der Waals surface area contributed by atoms with Gasteiger partial charge in [-0.2, -0.15) is 0 Å². The lowest BCUT2D eigenvalue weighted by atomic mass is 9.69. The van der Waals surface area contributed by atoms with Crippen molar-refractivity contribution in [3.63, 3.8) is 0 Å². The molecular weight excluding hydrogens is 440 g/mol. The predicted molar refractivity (Wildman–Crippen MR) is 142 cm³/mol. The Kier molecular flexibility index (Phi) is 14.4. The van der Waals surface area contributed by atoms with Gasteiger partial charge in [0.25, 0.3) is 0 Å². The van der Waals surface area contributed by atoms with Crippen molar-refractivity contribution in [2.45, 2.75) is 135 Å². The van der Waals surface area contributed by atoms with Gasteiger partial charge in [0.15, 0.2) is 0 Å². The fourth-order valence-electron chi connectivity index (χ4n) is 6.19. The van der Waals surface area contributed by atoms with Crippen LogP contribution in [-0.2, 0) is 14.3 Å². The molecule has 2 aliphatic rings. The Morgan fingerprint density at radius 3 is 2.00 bits per heavy atom. The summed E-state index contributed by atoms with van der Waals surface area (Å²) in [5, 5.41) is 5.78. The first-order chi connectivity index (χ1) is 17.0. The molecule has 0 aromatic carbocycles. The summed E-state index contributed by atoms with van der Waals surface area (Å²) < 4.78 is 11.0. The summed E-state index contributed by atoms with van der Waals surface area (Å²) in [5.74, 6) is 0.138. The number of unbranched alkanes of at least 4 members (excludes halogenated alkanes) is 12. The van der Waals surface area contributed by atoms with E-state index < -0.39 is 0 Å². The number of hydrogen-bond acceptors (Lipinski definition) is 4. The number of rotatable bonds is 17. The molecule has 0 bridgehead atoms. The number of amides is 2. The molecule has 1 saturated carbocycles. The Bertz CT molecular complexity index is 663. The lowest BCUT2D eigenvalue weighted by molar-refractivity contribution is -0.137. The van der Waals surface area contributed by atoms with E-state index in [1.165, 1.54) is 90.6 Å². The van der Waals surface area contributed by atoms with E-state index in [-0.39, 0.29) is 30.1 Å². The average Bonchev–Trinajstić information content (AvgIpc) is 2.85. The van der Waals surface area contributed by atoms with Gasteiger partial charge in [-0.15, -0.1) is 0 Å². The van der Waals surface area contributed by atoms with E-state index in [2.05, 4.69) is 17.6 Å². The van der Waals surface area contributed by atoms with Crippen LogP contribution in [0, 0.1) is 11.8 Å². The van der Waals surface area contributed by atoms with Crippen LogP contribution in [0.1, 0.15) is 123 Å². The first-order valence-corrected chi connectivity index (χ1v) is 14.4. The minimum atomic E-state index is -0.375. The highest BCUT2D eigenvalue weighted by Crippen LogP contribution is 2.40. The van der Waals surface area contributed by atoms with Gasteiger partial charge in [0.05, 0.1) is 24.8 Å². The van der Waals surface area contributed by atoms with Gasteiger partial charge in [-0.25, -0.2) is 9.59 Å². The molecule has 2 N–H and O–H groups in total. The number of carbonyl (C=O) groups excluding carboxylic acids is 2. The zero-order valence-corrected chi connectivity index (χ0v) is 23.0. The summed E-state index contributed by atoms with van der Waals surface area (Å²) in [7, 11) is 3.15. The van der Waals surface area contributed by atoms with Gasteiger partial charge >= 0.3 is 12.0 Å². The van der Waals surface area contributed by atoms with Crippen molar-refractivity contribution >= 4 is 12.0 Å². The molecule has 202 valence electrons. The maximum atomic E-state index is 12.6. The molecule has 0 saturated heterocycles. The normalized spacial score (nSPS) is 24.7. The molecule has 0 aromatic rings. The van der Waals surface area contributed by atoms with Gasteiger partial charge in [-0.05, 0) is 32.1 Å². The van der Waals surface area contributed by atoms with Gasteiger partial charge in [0.1, 0.15) is 0 Å². The Hall–Kier alpha value is -1.56. The molecule has 4 atom stereocenters. The van der Waals surface area contributed by atoms with Crippen LogP contribution >= 0.6 is 0 Å². The van der Waals surface area contributed by atoms with Crippen LogP contribution in [0.5, 0.6) is 0 Å². The molecule has 1 aliphatic carbocycles. The summed E-state index contributed by atoms with van der Waals surface area (Å²) in [6.45, 7) is 4.06. The third-order valence-electron chi connectivity index (χ3n) is 8.11. The lowest BCUT2D eigenvalue weighted by Crippen LogP contribution is -2.57. The van der Waals surface area contributed by atoms with Gasteiger partial charge in [0.2, 0.25) is 0 Å². The third kappa shape index (κ3) is 9.78. The van der Waals surface area contributed by atoms with Crippen molar-refractivity contribution in [3.8, 4) is 0 Å². The number of ether oxygens (including phenoxy) is 2. The largest absolute Gasteiger partial charge is 0.466 e. The van der Waals surface area contributed by atoms with Gasteiger partial charge < -0.3 is 20.1 Å². The van der Waals surface area contributed by atoms with E-state index in [4.69, 9.17) is 9.47 Å². The molecule has 4 unspecified atom stereocenters. The molecule has 1 fully saturated rings. The van der Waals surface area contributed by atoms with Crippen molar-refractivity contribution in [2.24, 2.45) is 11.8 Å². The van der Waals surface area contributed by atoms with Crippen LogP contribution < -0.4 is 10.6 Å². The first-order valence-electron chi connectivity index (χ1n) is 14.4. The Morgan fingerprint density at radius 1 is 0.886 bits per heavy atom. The predicted octanol–water partition coefficient (Wildman–Crippen LogP) is 7.03. The zero-order valence-electron chi connectivity index (χ0n) is 23.0. The van der Waals surface area contributed by atoms with Crippen LogP contribution in [0.2, 0.25) is 0 Å². The highest BCUT2D eigenvalue weighted by atomic mass is 16.5. The Morgan fingerprint density at radius 2 is 1.46 bits per heavy atom. The number of carbonyl (C=O) groups is 2. The van der Waals surface area contributed by atoms with Crippen molar-refractivity contribution in [3.05, 3.63) is 11.3 Å². The second-order valence-corrected chi connectivity index (χ2v) is 10.7. The lowest BCUT2D eigenvalue weighted by Gasteiger charge is -2.44. The SMILES string of the molecule is CCCCCCCCCCCCCCCC1CCCC(OC)C1C1NC(=O)NC(C)=C1C(=O)OC. The minimum Gasteiger partial charge on any atom is -0.466 e. The molecule has 6 heteroatoms. The summed E-state index contributed by atoms with van der Waals surface area (Å²) in [4.78, 5) is 24.9. The molecular formula is C29H52N2O4. The summed E-state index contributed by atoms with van der Waals surface area (Å²) >= 11 is 0. The average molecular weight is 493 g/mol. The van der Waals surface area contributed by atoms with Crippen LogP contribution in [0.3, 0.4) is 0 Å². The van der Waals surface area contributed by atoms with E-state index in [1.807, 2.05) is 0 Å². The quantitative estimate of drug-likeness (QED) is 0.169. The van der Waals surface area contributed by atoms with E-state index in [0.29, 0.717) is 17.2 Å².